The number of aromatic hydroxyl groups is 1. The van der Waals surface area contributed by atoms with Gasteiger partial charge in [0.15, 0.2) is 0 Å². The topological polar surface area (TPSA) is 49.8 Å². The standard InChI is InChI=1S/C14H17NO3/c16-11-4-1-3-10(9-11)14(17)15-7-8-18-13-6-2-5-12(13)15/h1,3-4,9,12-13,16H,2,5-8H2. The number of rotatable bonds is 1. The van der Waals surface area contributed by atoms with Gasteiger partial charge in [0, 0.05) is 12.1 Å². The average Bonchev–Trinajstić information content (AvgIpc) is 2.86. The van der Waals surface area contributed by atoms with Gasteiger partial charge in [0.1, 0.15) is 5.75 Å². The van der Waals surface area contributed by atoms with Crippen molar-refractivity contribution in [3.63, 3.8) is 0 Å². The number of morpholine rings is 1. The van der Waals surface area contributed by atoms with E-state index in [1.54, 1.807) is 18.2 Å². The van der Waals surface area contributed by atoms with Crippen LogP contribution >= 0.6 is 0 Å². The van der Waals surface area contributed by atoms with Crippen LogP contribution in [0.3, 0.4) is 0 Å². The van der Waals surface area contributed by atoms with Crippen LogP contribution in [-0.2, 0) is 4.74 Å². The third kappa shape index (κ3) is 1.97. The van der Waals surface area contributed by atoms with Crippen LogP contribution in [-0.4, -0.2) is 41.2 Å². The molecule has 2 unspecified atom stereocenters. The molecule has 4 heteroatoms. The SMILES string of the molecule is O=C(c1cccc(O)c1)N1CCOC2CCCC21. The van der Waals surface area contributed by atoms with Gasteiger partial charge in [-0.15, -0.1) is 0 Å². The third-order valence-corrected chi connectivity index (χ3v) is 3.84. The van der Waals surface area contributed by atoms with Gasteiger partial charge < -0.3 is 14.7 Å². The van der Waals surface area contributed by atoms with E-state index >= 15 is 0 Å². The first-order valence-electron chi connectivity index (χ1n) is 6.47. The Kier molecular flexibility index (Phi) is 2.96. The van der Waals surface area contributed by atoms with E-state index in [2.05, 4.69) is 0 Å². The summed E-state index contributed by atoms with van der Waals surface area (Å²) in [5, 5.41) is 9.45. The second-order valence-electron chi connectivity index (χ2n) is 4.96. The van der Waals surface area contributed by atoms with Crippen LogP contribution < -0.4 is 0 Å². The van der Waals surface area contributed by atoms with E-state index in [4.69, 9.17) is 4.74 Å². The minimum absolute atomic E-state index is 0.00565. The Morgan fingerprint density at radius 2 is 2.28 bits per heavy atom. The molecule has 18 heavy (non-hydrogen) atoms. The number of fused-ring (bicyclic) bond motifs is 1. The van der Waals surface area contributed by atoms with Gasteiger partial charge >= 0.3 is 0 Å². The van der Waals surface area contributed by atoms with Gasteiger partial charge in [0.2, 0.25) is 0 Å². The van der Waals surface area contributed by atoms with Crippen LogP contribution in [0, 0.1) is 0 Å². The highest BCUT2D eigenvalue weighted by atomic mass is 16.5. The van der Waals surface area contributed by atoms with Gasteiger partial charge in [-0.25, -0.2) is 0 Å². The Bertz CT molecular complexity index is 460. The number of phenolic OH excluding ortho intramolecular Hbond substituents is 1. The maximum absolute atomic E-state index is 12.5. The second-order valence-corrected chi connectivity index (χ2v) is 4.96. The van der Waals surface area contributed by atoms with E-state index < -0.39 is 0 Å². The van der Waals surface area contributed by atoms with Crippen LogP contribution in [0.1, 0.15) is 29.6 Å². The number of phenols is 1. The molecular formula is C14H17NO3. The molecule has 1 N–H and O–H groups in total. The zero-order valence-electron chi connectivity index (χ0n) is 10.2. The smallest absolute Gasteiger partial charge is 0.254 e. The number of hydrogen-bond donors (Lipinski definition) is 1. The fraction of sp³-hybridized carbons (Fsp3) is 0.500. The molecule has 1 aliphatic heterocycles. The highest BCUT2D eigenvalue weighted by Crippen LogP contribution is 2.30. The van der Waals surface area contributed by atoms with Crippen LogP contribution in [0.25, 0.3) is 0 Å². The van der Waals surface area contributed by atoms with Crippen molar-refractivity contribution in [2.75, 3.05) is 13.2 Å². The van der Waals surface area contributed by atoms with E-state index in [0.717, 1.165) is 19.3 Å². The van der Waals surface area contributed by atoms with Crippen molar-refractivity contribution in [3.8, 4) is 5.75 Å². The average molecular weight is 247 g/mol. The largest absolute Gasteiger partial charge is 0.508 e. The first-order chi connectivity index (χ1) is 8.75. The number of benzene rings is 1. The van der Waals surface area contributed by atoms with Gasteiger partial charge in [-0.05, 0) is 37.5 Å². The molecule has 1 saturated carbocycles. The normalized spacial score (nSPS) is 27.0. The lowest BCUT2D eigenvalue weighted by molar-refractivity contribution is -0.0445. The number of amides is 1. The van der Waals surface area contributed by atoms with Crippen molar-refractivity contribution in [1.82, 2.24) is 4.90 Å². The predicted molar refractivity (Wildman–Crippen MR) is 66.5 cm³/mol. The summed E-state index contributed by atoms with van der Waals surface area (Å²) in [6.07, 6.45) is 3.41. The first-order valence-corrected chi connectivity index (χ1v) is 6.47. The lowest BCUT2D eigenvalue weighted by Crippen LogP contribution is -2.51. The lowest BCUT2D eigenvalue weighted by atomic mass is 10.1. The fourth-order valence-electron chi connectivity index (χ4n) is 2.98. The second kappa shape index (κ2) is 4.61. The van der Waals surface area contributed by atoms with Crippen LogP contribution in [0.15, 0.2) is 24.3 Å². The molecule has 3 rings (SSSR count). The van der Waals surface area contributed by atoms with Gasteiger partial charge in [-0.1, -0.05) is 6.07 Å². The van der Waals surface area contributed by atoms with E-state index in [0.29, 0.717) is 18.7 Å². The van der Waals surface area contributed by atoms with E-state index in [-0.39, 0.29) is 23.8 Å². The minimum Gasteiger partial charge on any atom is -0.508 e. The number of carbonyl (C=O) groups excluding carboxylic acids is 1. The third-order valence-electron chi connectivity index (χ3n) is 3.84. The Balaban J connectivity index is 1.83. The van der Waals surface area contributed by atoms with Crippen molar-refractivity contribution < 1.29 is 14.6 Å². The molecule has 2 fully saturated rings. The summed E-state index contributed by atoms with van der Waals surface area (Å²) in [7, 11) is 0. The molecule has 96 valence electrons. The summed E-state index contributed by atoms with van der Waals surface area (Å²) < 4.78 is 5.70. The molecule has 2 atom stereocenters. The summed E-state index contributed by atoms with van der Waals surface area (Å²) in [5.41, 5.74) is 0.558. The molecule has 2 aliphatic rings. The fourth-order valence-corrected chi connectivity index (χ4v) is 2.98. The minimum atomic E-state index is 0.00565. The van der Waals surface area contributed by atoms with E-state index in [1.165, 1.54) is 6.07 Å². The summed E-state index contributed by atoms with van der Waals surface area (Å²) in [6, 6.07) is 6.78. The molecule has 1 saturated heterocycles. The van der Waals surface area contributed by atoms with Crippen molar-refractivity contribution >= 4 is 5.91 Å². The Labute approximate surface area is 106 Å². The monoisotopic (exact) mass is 247 g/mol. The highest BCUT2D eigenvalue weighted by Gasteiger charge is 2.38. The van der Waals surface area contributed by atoms with Gasteiger partial charge in [0.05, 0.1) is 18.8 Å². The maximum atomic E-state index is 12.5. The molecule has 0 aromatic heterocycles. The quantitative estimate of drug-likeness (QED) is 0.823. The van der Waals surface area contributed by atoms with Crippen LogP contribution in [0.2, 0.25) is 0 Å². The summed E-state index contributed by atoms with van der Waals surface area (Å²) in [6.45, 7) is 1.27. The van der Waals surface area contributed by atoms with Crippen LogP contribution in [0.4, 0.5) is 0 Å². The number of nitrogens with zero attached hydrogens (tertiary/aromatic N) is 1. The Hall–Kier alpha value is -1.55. The number of carbonyl (C=O) groups is 1. The Morgan fingerprint density at radius 3 is 3.11 bits per heavy atom. The summed E-state index contributed by atoms with van der Waals surface area (Å²) in [4.78, 5) is 14.4. The molecule has 1 aromatic carbocycles. The molecule has 1 amide bonds. The van der Waals surface area contributed by atoms with Crippen LogP contribution in [0.5, 0.6) is 5.75 Å². The van der Waals surface area contributed by atoms with E-state index in [1.807, 2.05) is 4.90 Å². The number of ether oxygens (including phenoxy) is 1. The first kappa shape index (κ1) is 11.5. The molecule has 0 bridgehead atoms. The zero-order valence-corrected chi connectivity index (χ0v) is 10.2. The molecule has 1 heterocycles. The van der Waals surface area contributed by atoms with Crippen molar-refractivity contribution in [1.29, 1.82) is 0 Å². The molecular weight excluding hydrogens is 230 g/mol. The molecule has 0 radical (unpaired) electrons. The zero-order chi connectivity index (χ0) is 12.5. The molecule has 1 aromatic rings. The predicted octanol–water partition coefficient (Wildman–Crippen LogP) is 1.79. The van der Waals surface area contributed by atoms with Crippen molar-refractivity contribution in [3.05, 3.63) is 29.8 Å². The number of hydrogen-bond acceptors (Lipinski definition) is 3. The maximum Gasteiger partial charge on any atom is 0.254 e. The summed E-state index contributed by atoms with van der Waals surface area (Å²) >= 11 is 0. The Morgan fingerprint density at radius 1 is 1.39 bits per heavy atom. The van der Waals surface area contributed by atoms with Gasteiger partial charge in [-0.2, -0.15) is 0 Å². The summed E-state index contributed by atoms with van der Waals surface area (Å²) in [5.74, 6) is 0.142. The molecule has 0 spiro atoms. The molecule has 1 aliphatic carbocycles. The van der Waals surface area contributed by atoms with Crippen molar-refractivity contribution in [2.24, 2.45) is 0 Å². The van der Waals surface area contributed by atoms with Gasteiger partial charge in [-0.3, -0.25) is 4.79 Å². The molecule has 4 nitrogen and oxygen atoms in total. The van der Waals surface area contributed by atoms with Gasteiger partial charge in [0.25, 0.3) is 5.91 Å². The lowest BCUT2D eigenvalue weighted by Gasteiger charge is -2.37. The van der Waals surface area contributed by atoms with E-state index in [9.17, 15) is 9.90 Å². The highest BCUT2D eigenvalue weighted by molar-refractivity contribution is 5.95. The van der Waals surface area contributed by atoms with Crippen molar-refractivity contribution in [2.45, 2.75) is 31.4 Å².